The molecule has 33 heavy (non-hydrogen) atoms. The highest BCUT2D eigenvalue weighted by atomic mass is 35.5. The van der Waals surface area contributed by atoms with Crippen LogP contribution in [0.2, 0.25) is 5.02 Å². The monoisotopic (exact) mass is 485 g/mol. The second-order valence-corrected chi connectivity index (χ2v) is 9.92. The van der Waals surface area contributed by atoms with E-state index in [2.05, 4.69) is 10.4 Å². The molecule has 0 aliphatic carbocycles. The summed E-state index contributed by atoms with van der Waals surface area (Å²) in [4.78, 5) is 20.0. The SMILES string of the molecule is O=C(NOCc1ccccc1)c1cc(S(=O)(=O)N2CCN(c3ccccc3)CC2)ccc1Cl. The zero-order valence-corrected chi connectivity index (χ0v) is 19.4. The molecule has 3 aromatic rings. The van der Waals surface area contributed by atoms with E-state index in [0.717, 1.165) is 11.3 Å². The number of para-hydroxylation sites is 1. The van der Waals surface area contributed by atoms with Gasteiger partial charge in [-0.1, -0.05) is 60.1 Å². The molecule has 0 spiro atoms. The van der Waals surface area contributed by atoms with E-state index in [4.69, 9.17) is 16.4 Å². The third-order valence-electron chi connectivity index (χ3n) is 5.43. The van der Waals surface area contributed by atoms with Gasteiger partial charge in [0.1, 0.15) is 0 Å². The highest BCUT2D eigenvalue weighted by Gasteiger charge is 2.29. The first kappa shape index (κ1) is 23.3. The van der Waals surface area contributed by atoms with Gasteiger partial charge in [-0.3, -0.25) is 9.63 Å². The average Bonchev–Trinajstić information content (AvgIpc) is 2.85. The number of halogens is 1. The van der Waals surface area contributed by atoms with Crippen LogP contribution >= 0.6 is 11.6 Å². The number of hydrogen-bond acceptors (Lipinski definition) is 5. The molecule has 0 aromatic heterocycles. The van der Waals surface area contributed by atoms with Crippen molar-refractivity contribution in [2.45, 2.75) is 11.5 Å². The molecule has 4 rings (SSSR count). The third kappa shape index (κ3) is 5.54. The van der Waals surface area contributed by atoms with Gasteiger partial charge in [0.05, 0.1) is 22.1 Å². The number of sulfonamides is 1. The number of nitrogens with one attached hydrogen (secondary N) is 1. The number of hydroxylamine groups is 1. The smallest absolute Gasteiger partial charge is 0.276 e. The number of nitrogens with zero attached hydrogens (tertiary/aromatic N) is 2. The first-order chi connectivity index (χ1) is 15.9. The molecule has 1 N–H and O–H groups in total. The van der Waals surface area contributed by atoms with Crippen LogP contribution in [-0.2, 0) is 21.5 Å². The lowest BCUT2D eigenvalue weighted by atomic mass is 10.2. The van der Waals surface area contributed by atoms with E-state index >= 15 is 0 Å². The van der Waals surface area contributed by atoms with Crippen LogP contribution in [0.4, 0.5) is 5.69 Å². The number of carbonyl (C=O) groups is 1. The lowest BCUT2D eigenvalue weighted by Gasteiger charge is -2.35. The quantitative estimate of drug-likeness (QED) is 0.516. The Balaban J connectivity index is 1.42. The predicted octanol–water partition coefficient (Wildman–Crippen LogP) is 3.71. The zero-order chi connectivity index (χ0) is 23.3. The van der Waals surface area contributed by atoms with Gasteiger partial charge in [-0.15, -0.1) is 0 Å². The van der Waals surface area contributed by atoms with E-state index in [1.54, 1.807) is 0 Å². The van der Waals surface area contributed by atoms with Crippen molar-refractivity contribution in [2.24, 2.45) is 0 Å². The molecule has 0 atom stereocenters. The summed E-state index contributed by atoms with van der Waals surface area (Å²) in [5, 5.41) is 0.142. The molecule has 9 heteroatoms. The molecule has 7 nitrogen and oxygen atoms in total. The zero-order valence-electron chi connectivity index (χ0n) is 17.9. The Bertz CT molecular complexity index is 1200. The lowest BCUT2D eigenvalue weighted by Crippen LogP contribution is -2.48. The van der Waals surface area contributed by atoms with Crippen LogP contribution in [0.25, 0.3) is 0 Å². The fraction of sp³-hybridized carbons (Fsp3) is 0.208. The summed E-state index contributed by atoms with van der Waals surface area (Å²) in [5.41, 5.74) is 4.32. The molecule has 172 valence electrons. The van der Waals surface area contributed by atoms with Gasteiger partial charge in [0.2, 0.25) is 10.0 Å². The molecule has 1 heterocycles. The number of anilines is 1. The molecule has 1 aliphatic heterocycles. The van der Waals surface area contributed by atoms with Crippen molar-refractivity contribution >= 4 is 33.2 Å². The molecule has 1 fully saturated rings. The maximum absolute atomic E-state index is 13.2. The van der Waals surface area contributed by atoms with Crippen LogP contribution in [0, 0.1) is 0 Å². The first-order valence-electron chi connectivity index (χ1n) is 10.5. The Morgan fingerprint density at radius 1 is 0.909 bits per heavy atom. The van der Waals surface area contributed by atoms with E-state index in [0.29, 0.717) is 26.2 Å². The summed E-state index contributed by atoms with van der Waals surface area (Å²) in [6.45, 7) is 2.03. The highest BCUT2D eigenvalue weighted by Crippen LogP contribution is 2.25. The van der Waals surface area contributed by atoms with Crippen molar-refractivity contribution in [3.63, 3.8) is 0 Å². The molecule has 1 aliphatic rings. The number of rotatable bonds is 7. The summed E-state index contributed by atoms with van der Waals surface area (Å²) in [5.74, 6) is -0.609. The molecule has 0 saturated carbocycles. The van der Waals surface area contributed by atoms with E-state index in [9.17, 15) is 13.2 Å². The van der Waals surface area contributed by atoms with Gasteiger partial charge in [-0.2, -0.15) is 4.31 Å². The fourth-order valence-corrected chi connectivity index (χ4v) is 5.28. The van der Waals surface area contributed by atoms with Gasteiger partial charge in [-0.25, -0.2) is 13.9 Å². The molecule has 3 aromatic carbocycles. The van der Waals surface area contributed by atoms with E-state index in [1.165, 1.54) is 22.5 Å². The largest absolute Gasteiger partial charge is 0.369 e. The molecule has 1 amide bonds. The van der Waals surface area contributed by atoms with Crippen molar-refractivity contribution < 1.29 is 18.0 Å². The Hall–Kier alpha value is -2.91. The summed E-state index contributed by atoms with van der Waals surface area (Å²) in [6, 6.07) is 23.4. The topological polar surface area (TPSA) is 78.9 Å². The fourth-order valence-electron chi connectivity index (χ4n) is 3.63. The van der Waals surface area contributed by atoms with Crippen molar-refractivity contribution in [3.05, 3.63) is 95.0 Å². The first-order valence-corrected chi connectivity index (χ1v) is 12.3. The van der Waals surface area contributed by atoms with Crippen LogP contribution in [0.5, 0.6) is 0 Å². The standard InChI is InChI=1S/C24H24ClN3O4S/c25-23-12-11-21(17-22(23)24(29)26-32-18-19-7-3-1-4-8-19)33(30,31)28-15-13-27(14-16-28)20-9-5-2-6-10-20/h1-12,17H,13-16,18H2,(H,26,29). The van der Waals surface area contributed by atoms with Gasteiger partial charge >= 0.3 is 0 Å². The molecular weight excluding hydrogens is 462 g/mol. The Kier molecular flexibility index (Phi) is 7.29. The summed E-state index contributed by atoms with van der Waals surface area (Å²) < 4.78 is 27.9. The lowest BCUT2D eigenvalue weighted by molar-refractivity contribution is 0.0233. The van der Waals surface area contributed by atoms with E-state index in [1.807, 2.05) is 60.7 Å². The minimum Gasteiger partial charge on any atom is -0.369 e. The molecule has 0 unspecified atom stereocenters. The molecule has 0 radical (unpaired) electrons. The maximum Gasteiger partial charge on any atom is 0.276 e. The number of hydrogen-bond donors (Lipinski definition) is 1. The summed E-state index contributed by atoms with van der Waals surface area (Å²) >= 11 is 6.18. The van der Waals surface area contributed by atoms with Crippen molar-refractivity contribution in [2.75, 3.05) is 31.1 Å². The van der Waals surface area contributed by atoms with Crippen LogP contribution in [0.15, 0.2) is 83.8 Å². The van der Waals surface area contributed by atoms with Crippen molar-refractivity contribution in [1.29, 1.82) is 0 Å². The van der Waals surface area contributed by atoms with Crippen molar-refractivity contribution in [3.8, 4) is 0 Å². The molecule has 1 saturated heterocycles. The molecule has 0 bridgehead atoms. The minimum atomic E-state index is -3.78. The van der Waals surface area contributed by atoms with Gasteiger partial charge in [0.15, 0.2) is 0 Å². The number of benzene rings is 3. The number of amides is 1. The number of piperazine rings is 1. The van der Waals surface area contributed by atoms with Crippen LogP contribution in [-0.4, -0.2) is 44.8 Å². The van der Waals surface area contributed by atoms with Gasteiger partial charge in [0.25, 0.3) is 5.91 Å². The molecular formula is C24H24ClN3O4S. The number of carbonyl (C=O) groups excluding carboxylic acids is 1. The van der Waals surface area contributed by atoms with Crippen LogP contribution < -0.4 is 10.4 Å². The second kappa shape index (κ2) is 10.4. The Morgan fingerprint density at radius 3 is 2.21 bits per heavy atom. The Morgan fingerprint density at radius 2 is 1.55 bits per heavy atom. The van der Waals surface area contributed by atoms with Crippen LogP contribution in [0.3, 0.4) is 0 Å². The van der Waals surface area contributed by atoms with Gasteiger partial charge in [-0.05, 0) is 35.9 Å². The Labute approximate surface area is 198 Å². The minimum absolute atomic E-state index is 0.0215. The van der Waals surface area contributed by atoms with Gasteiger partial charge in [0, 0.05) is 31.9 Å². The normalized spacial score (nSPS) is 14.8. The predicted molar refractivity (Wildman–Crippen MR) is 128 cm³/mol. The van der Waals surface area contributed by atoms with E-state index < -0.39 is 15.9 Å². The van der Waals surface area contributed by atoms with Crippen LogP contribution in [0.1, 0.15) is 15.9 Å². The summed E-state index contributed by atoms with van der Waals surface area (Å²) in [7, 11) is -3.78. The van der Waals surface area contributed by atoms with Crippen molar-refractivity contribution in [1.82, 2.24) is 9.79 Å². The average molecular weight is 486 g/mol. The maximum atomic E-state index is 13.2. The third-order valence-corrected chi connectivity index (χ3v) is 7.65. The van der Waals surface area contributed by atoms with Gasteiger partial charge < -0.3 is 4.90 Å². The highest BCUT2D eigenvalue weighted by molar-refractivity contribution is 7.89. The summed E-state index contributed by atoms with van der Waals surface area (Å²) in [6.07, 6.45) is 0. The second-order valence-electron chi connectivity index (χ2n) is 7.57. The van der Waals surface area contributed by atoms with E-state index in [-0.39, 0.29) is 22.1 Å².